The highest BCUT2D eigenvalue weighted by molar-refractivity contribution is 5.93. The van der Waals surface area contributed by atoms with Gasteiger partial charge in [0.25, 0.3) is 5.91 Å². The van der Waals surface area contributed by atoms with Crippen LogP contribution in [0.3, 0.4) is 0 Å². The number of fused-ring (bicyclic) bond motifs is 1. The molecule has 4 rings (SSSR count). The number of anilines is 1. The normalized spacial score (nSPS) is 16.7. The number of hydrogen-bond acceptors (Lipinski definition) is 6. The van der Waals surface area contributed by atoms with Crippen molar-refractivity contribution in [3.63, 3.8) is 0 Å². The molecule has 0 saturated carbocycles. The highest BCUT2D eigenvalue weighted by atomic mass is 19.1. The lowest BCUT2D eigenvalue weighted by Crippen LogP contribution is -2.42. The molecule has 2 amide bonds. The van der Waals surface area contributed by atoms with E-state index < -0.39 is 6.09 Å². The smallest absolute Gasteiger partial charge is 0.407 e. The van der Waals surface area contributed by atoms with E-state index in [0.717, 1.165) is 24.9 Å². The van der Waals surface area contributed by atoms with Crippen molar-refractivity contribution in [1.82, 2.24) is 25.2 Å². The average molecular weight is 440 g/mol. The Morgan fingerprint density at radius 3 is 2.94 bits per heavy atom. The minimum Gasteiger partial charge on any atom is -0.453 e. The van der Waals surface area contributed by atoms with Gasteiger partial charge in [-0.15, -0.1) is 5.10 Å². The molecule has 32 heavy (non-hydrogen) atoms. The van der Waals surface area contributed by atoms with E-state index in [-0.39, 0.29) is 36.0 Å². The van der Waals surface area contributed by atoms with Crippen LogP contribution in [0.1, 0.15) is 41.9 Å². The molecule has 1 aliphatic heterocycles. The second-order valence-electron chi connectivity index (χ2n) is 7.76. The van der Waals surface area contributed by atoms with E-state index in [1.807, 2.05) is 18.2 Å². The van der Waals surface area contributed by atoms with Gasteiger partial charge in [0.15, 0.2) is 11.3 Å². The Morgan fingerprint density at radius 1 is 1.31 bits per heavy atom. The minimum absolute atomic E-state index is 0.0155. The topological polar surface area (TPSA) is 101 Å². The van der Waals surface area contributed by atoms with Crippen LogP contribution in [0.15, 0.2) is 42.6 Å². The number of carbonyl (C=O) groups excluding carboxylic acids is 2. The first-order valence-electron chi connectivity index (χ1n) is 10.5. The fraction of sp³-hybridized carbons (Fsp3) is 0.364. The SMILES string of the molecule is COC(=O)NC(C)CNC(=O)c1cnc2ccc(N3CCCC3c3cccc(F)c3)nn12. The van der Waals surface area contributed by atoms with E-state index >= 15 is 0 Å². The second kappa shape index (κ2) is 9.21. The van der Waals surface area contributed by atoms with Gasteiger partial charge in [0.1, 0.15) is 11.6 Å². The first kappa shape index (κ1) is 21.5. The van der Waals surface area contributed by atoms with E-state index in [1.54, 1.807) is 19.1 Å². The number of nitrogens with zero attached hydrogens (tertiary/aromatic N) is 4. The van der Waals surface area contributed by atoms with Gasteiger partial charge >= 0.3 is 6.09 Å². The summed E-state index contributed by atoms with van der Waals surface area (Å²) in [5, 5.41) is 10.0. The van der Waals surface area contributed by atoms with Gasteiger partial charge in [0, 0.05) is 19.1 Å². The second-order valence-corrected chi connectivity index (χ2v) is 7.76. The summed E-state index contributed by atoms with van der Waals surface area (Å²) >= 11 is 0. The maximum Gasteiger partial charge on any atom is 0.407 e. The molecule has 1 aliphatic rings. The van der Waals surface area contributed by atoms with Crippen LogP contribution in [0.25, 0.3) is 5.65 Å². The number of ether oxygens (including phenoxy) is 1. The molecule has 3 heterocycles. The number of nitrogens with one attached hydrogen (secondary N) is 2. The minimum atomic E-state index is -0.564. The first-order chi connectivity index (χ1) is 15.5. The number of hydrogen-bond donors (Lipinski definition) is 2. The Kier molecular flexibility index (Phi) is 6.20. The van der Waals surface area contributed by atoms with Gasteiger partial charge in [-0.2, -0.15) is 0 Å². The molecule has 0 bridgehead atoms. The standard InChI is InChI=1S/C22H25FN6O3/c1-14(26-22(31)32-2)12-25-21(30)18-13-24-19-8-9-20(27-29(18)19)28-10-4-7-17(28)15-5-3-6-16(23)11-15/h3,5-6,8-9,11,13-14,17H,4,7,10,12H2,1-2H3,(H,25,30)(H,26,31). The van der Waals surface area contributed by atoms with E-state index in [1.165, 1.54) is 23.9 Å². The number of rotatable bonds is 6. The fourth-order valence-corrected chi connectivity index (χ4v) is 3.92. The van der Waals surface area contributed by atoms with Crippen molar-refractivity contribution in [3.8, 4) is 0 Å². The van der Waals surface area contributed by atoms with Gasteiger partial charge < -0.3 is 20.3 Å². The average Bonchev–Trinajstić information content (AvgIpc) is 3.44. The number of halogens is 1. The van der Waals surface area contributed by atoms with Gasteiger partial charge in [-0.1, -0.05) is 12.1 Å². The molecule has 0 aliphatic carbocycles. The number of benzene rings is 1. The predicted octanol–water partition coefficient (Wildman–Crippen LogP) is 2.68. The number of aromatic nitrogens is 3. The molecule has 0 radical (unpaired) electrons. The zero-order chi connectivity index (χ0) is 22.7. The fourth-order valence-electron chi connectivity index (χ4n) is 3.92. The van der Waals surface area contributed by atoms with Crippen molar-refractivity contribution >= 4 is 23.5 Å². The van der Waals surface area contributed by atoms with Crippen LogP contribution in [0.4, 0.5) is 15.0 Å². The highest BCUT2D eigenvalue weighted by Crippen LogP contribution is 2.35. The Balaban J connectivity index is 1.53. The third kappa shape index (κ3) is 4.48. The molecule has 2 aromatic heterocycles. The molecule has 168 valence electrons. The van der Waals surface area contributed by atoms with Crippen LogP contribution in [-0.2, 0) is 4.74 Å². The zero-order valence-electron chi connectivity index (χ0n) is 17.9. The zero-order valence-corrected chi connectivity index (χ0v) is 17.9. The number of methoxy groups -OCH3 is 1. The van der Waals surface area contributed by atoms with Crippen LogP contribution in [0.2, 0.25) is 0 Å². The van der Waals surface area contributed by atoms with Gasteiger partial charge in [0.05, 0.1) is 19.3 Å². The van der Waals surface area contributed by atoms with Gasteiger partial charge in [-0.25, -0.2) is 18.7 Å². The number of amides is 2. The molecule has 0 spiro atoms. The third-order valence-electron chi connectivity index (χ3n) is 5.48. The molecule has 3 aromatic rings. The van der Waals surface area contributed by atoms with Crippen molar-refractivity contribution in [1.29, 1.82) is 0 Å². The van der Waals surface area contributed by atoms with E-state index in [0.29, 0.717) is 11.5 Å². The summed E-state index contributed by atoms with van der Waals surface area (Å²) in [6.45, 7) is 2.75. The number of imidazole rings is 1. The summed E-state index contributed by atoms with van der Waals surface area (Å²) in [5.41, 5.74) is 1.73. The van der Waals surface area contributed by atoms with Crippen molar-refractivity contribution in [3.05, 3.63) is 59.7 Å². The molecule has 2 atom stereocenters. The lowest BCUT2D eigenvalue weighted by Gasteiger charge is -2.26. The van der Waals surface area contributed by atoms with Crippen LogP contribution in [0, 0.1) is 5.82 Å². The number of carbonyl (C=O) groups is 2. The summed E-state index contributed by atoms with van der Waals surface area (Å²) in [6, 6.07) is 10.0. The van der Waals surface area contributed by atoms with Crippen molar-refractivity contribution in [2.75, 3.05) is 25.1 Å². The summed E-state index contributed by atoms with van der Waals surface area (Å²) in [7, 11) is 1.28. The van der Waals surface area contributed by atoms with Crippen molar-refractivity contribution < 1.29 is 18.7 Å². The van der Waals surface area contributed by atoms with E-state index in [9.17, 15) is 14.0 Å². The molecule has 9 nitrogen and oxygen atoms in total. The summed E-state index contributed by atoms with van der Waals surface area (Å²) in [4.78, 5) is 30.4. The van der Waals surface area contributed by atoms with Gasteiger partial charge in [-0.3, -0.25) is 4.79 Å². The first-order valence-corrected chi connectivity index (χ1v) is 10.5. The molecule has 2 N–H and O–H groups in total. The Labute approximate surface area is 184 Å². The van der Waals surface area contributed by atoms with E-state index in [2.05, 4.69) is 30.4 Å². The molecule has 1 aromatic carbocycles. The Morgan fingerprint density at radius 2 is 2.16 bits per heavy atom. The summed E-state index contributed by atoms with van der Waals surface area (Å²) in [5.74, 6) is 0.0723. The summed E-state index contributed by atoms with van der Waals surface area (Å²) in [6.07, 6.45) is 2.76. The molecule has 1 saturated heterocycles. The summed E-state index contributed by atoms with van der Waals surface area (Å²) < 4.78 is 19.8. The van der Waals surface area contributed by atoms with Gasteiger partial charge in [-0.05, 0) is 49.6 Å². The predicted molar refractivity (Wildman–Crippen MR) is 116 cm³/mol. The maximum atomic E-state index is 13.8. The van der Waals surface area contributed by atoms with Gasteiger partial charge in [0.2, 0.25) is 0 Å². The monoisotopic (exact) mass is 440 g/mol. The van der Waals surface area contributed by atoms with Crippen LogP contribution in [-0.4, -0.2) is 52.8 Å². The molecular formula is C22H25FN6O3. The van der Waals surface area contributed by atoms with Crippen molar-refractivity contribution in [2.45, 2.75) is 31.8 Å². The maximum absolute atomic E-state index is 13.8. The van der Waals surface area contributed by atoms with Crippen LogP contribution in [0.5, 0.6) is 0 Å². The van der Waals surface area contributed by atoms with E-state index in [4.69, 9.17) is 0 Å². The lowest BCUT2D eigenvalue weighted by atomic mass is 10.0. The quantitative estimate of drug-likeness (QED) is 0.611. The molecular weight excluding hydrogens is 415 g/mol. The molecule has 1 fully saturated rings. The Hall–Kier alpha value is -3.69. The van der Waals surface area contributed by atoms with Crippen LogP contribution >= 0.6 is 0 Å². The lowest BCUT2D eigenvalue weighted by molar-refractivity contribution is 0.0941. The number of alkyl carbamates (subject to hydrolysis) is 1. The van der Waals surface area contributed by atoms with Crippen LogP contribution < -0.4 is 15.5 Å². The Bertz CT molecular complexity index is 1130. The molecule has 10 heteroatoms. The highest BCUT2D eigenvalue weighted by Gasteiger charge is 2.28. The van der Waals surface area contributed by atoms with Crippen molar-refractivity contribution in [2.24, 2.45) is 0 Å². The third-order valence-corrected chi connectivity index (χ3v) is 5.48. The largest absolute Gasteiger partial charge is 0.453 e. The molecule has 2 unspecified atom stereocenters.